The Balaban J connectivity index is 2.19. The van der Waals surface area contributed by atoms with Crippen LogP contribution >= 0.6 is 31.9 Å². The Morgan fingerprint density at radius 3 is 2.24 bits per heavy atom. The molecule has 0 fully saturated rings. The Kier molecular flexibility index (Phi) is 5.22. The maximum absolute atomic E-state index is 13.7. The first-order valence-electron chi connectivity index (χ1n) is 6.13. The van der Waals surface area contributed by atoms with Gasteiger partial charge in [-0.3, -0.25) is 0 Å². The molecule has 0 aromatic heterocycles. The van der Waals surface area contributed by atoms with Crippen LogP contribution < -0.4 is 10.1 Å². The van der Waals surface area contributed by atoms with Crippen molar-refractivity contribution in [3.63, 3.8) is 0 Å². The van der Waals surface area contributed by atoms with Crippen LogP contribution in [0.25, 0.3) is 0 Å². The summed E-state index contributed by atoms with van der Waals surface area (Å²) < 4.78 is 34.0. The van der Waals surface area contributed by atoms with Crippen LogP contribution in [0.15, 0.2) is 33.2 Å². The summed E-state index contributed by atoms with van der Waals surface area (Å²) >= 11 is 6.81. The molecule has 0 atom stereocenters. The normalized spacial score (nSPS) is 10.6. The van der Waals surface area contributed by atoms with Gasteiger partial charge in [-0.1, -0.05) is 0 Å². The van der Waals surface area contributed by atoms with Crippen LogP contribution in [0.4, 0.5) is 14.5 Å². The van der Waals surface area contributed by atoms with Crippen LogP contribution in [-0.2, 0) is 6.54 Å². The number of hydrogen-bond donors (Lipinski definition) is 1. The largest absolute Gasteiger partial charge is 0.494 e. The Morgan fingerprint density at radius 2 is 1.67 bits per heavy atom. The molecule has 2 rings (SSSR count). The van der Waals surface area contributed by atoms with E-state index in [1.807, 2.05) is 12.1 Å². The highest BCUT2D eigenvalue weighted by molar-refractivity contribution is 9.11. The third kappa shape index (κ3) is 3.74. The summed E-state index contributed by atoms with van der Waals surface area (Å²) in [6.45, 7) is 1.89. The number of anilines is 1. The summed E-state index contributed by atoms with van der Waals surface area (Å²) in [5.41, 5.74) is 1.32. The number of aryl methyl sites for hydroxylation is 1. The van der Waals surface area contributed by atoms with Gasteiger partial charge in [0.05, 0.1) is 21.7 Å². The highest BCUT2D eigenvalue weighted by Crippen LogP contribution is 2.34. The molecule has 112 valence electrons. The van der Waals surface area contributed by atoms with E-state index in [1.165, 1.54) is 13.0 Å². The number of nitrogens with one attached hydrogen (secondary N) is 1. The molecule has 0 unspecified atom stereocenters. The highest BCUT2D eigenvalue weighted by Gasteiger charge is 2.10. The van der Waals surface area contributed by atoms with E-state index in [0.717, 1.165) is 20.6 Å². The predicted octanol–water partition coefficient (Wildman–Crippen LogP) is 5.42. The zero-order valence-electron chi connectivity index (χ0n) is 11.4. The van der Waals surface area contributed by atoms with Crippen molar-refractivity contribution in [2.45, 2.75) is 13.5 Å². The summed E-state index contributed by atoms with van der Waals surface area (Å²) in [6, 6.07) is 6.06. The molecule has 6 heteroatoms. The SMILES string of the molecule is COc1c(Br)cc(CNc2cc(F)c(C)cc2F)cc1Br. The average Bonchev–Trinajstić information content (AvgIpc) is 2.41. The fourth-order valence-electron chi connectivity index (χ4n) is 1.89. The number of benzene rings is 2. The number of halogens is 4. The molecular weight excluding hydrogens is 408 g/mol. The molecule has 0 saturated heterocycles. The lowest BCUT2D eigenvalue weighted by atomic mass is 10.2. The van der Waals surface area contributed by atoms with Gasteiger partial charge >= 0.3 is 0 Å². The van der Waals surface area contributed by atoms with Crippen molar-refractivity contribution in [3.8, 4) is 5.75 Å². The molecule has 2 aromatic carbocycles. The molecule has 21 heavy (non-hydrogen) atoms. The van der Waals surface area contributed by atoms with Crippen molar-refractivity contribution < 1.29 is 13.5 Å². The van der Waals surface area contributed by atoms with Crippen LogP contribution in [0.2, 0.25) is 0 Å². The quantitative estimate of drug-likeness (QED) is 0.713. The fourth-order valence-corrected chi connectivity index (χ4v) is 3.49. The van der Waals surface area contributed by atoms with Crippen LogP contribution in [0.5, 0.6) is 5.75 Å². The van der Waals surface area contributed by atoms with Crippen LogP contribution in [0, 0.1) is 18.6 Å². The molecule has 2 aromatic rings. The second kappa shape index (κ2) is 6.75. The monoisotopic (exact) mass is 419 g/mol. The van der Waals surface area contributed by atoms with E-state index >= 15 is 0 Å². The molecule has 0 amide bonds. The van der Waals surface area contributed by atoms with Crippen molar-refractivity contribution in [1.29, 1.82) is 0 Å². The van der Waals surface area contributed by atoms with Crippen LogP contribution in [0.1, 0.15) is 11.1 Å². The van der Waals surface area contributed by atoms with Gasteiger partial charge in [0, 0.05) is 12.6 Å². The lowest BCUT2D eigenvalue weighted by Crippen LogP contribution is -2.03. The first-order valence-corrected chi connectivity index (χ1v) is 7.72. The summed E-state index contributed by atoms with van der Waals surface area (Å²) in [5.74, 6) is -0.220. The molecule has 0 saturated carbocycles. The Morgan fingerprint density at radius 1 is 1.05 bits per heavy atom. The van der Waals surface area contributed by atoms with Gasteiger partial charge in [0.15, 0.2) is 0 Å². The van der Waals surface area contributed by atoms with Gasteiger partial charge in [0.25, 0.3) is 0 Å². The maximum Gasteiger partial charge on any atom is 0.147 e. The van der Waals surface area contributed by atoms with E-state index in [9.17, 15) is 8.78 Å². The first kappa shape index (κ1) is 16.2. The maximum atomic E-state index is 13.7. The fraction of sp³-hybridized carbons (Fsp3) is 0.200. The van der Waals surface area contributed by atoms with Crippen molar-refractivity contribution in [2.75, 3.05) is 12.4 Å². The smallest absolute Gasteiger partial charge is 0.147 e. The van der Waals surface area contributed by atoms with Crippen molar-refractivity contribution in [3.05, 3.63) is 56.0 Å². The van der Waals surface area contributed by atoms with E-state index in [2.05, 4.69) is 37.2 Å². The molecule has 0 heterocycles. The van der Waals surface area contributed by atoms with Gasteiger partial charge in [-0.15, -0.1) is 0 Å². The molecule has 0 aliphatic heterocycles. The number of hydrogen-bond acceptors (Lipinski definition) is 2. The van der Waals surface area contributed by atoms with Crippen molar-refractivity contribution in [2.24, 2.45) is 0 Å². The average molecular weight is 421 g/mol. The summed E-state index contributed by atoms with van der Waals surface area (Å²) in [4.78, 5) is 0. The minimum atomic E-state index is -0.472. The summed E-state index contributed by atoms with van der Waals surface area (Å²) in [7, 11) is 1.58. The molecular formula is C15H13Br2F2NO. The van der Waals surface area contributed by atoms with Gasteiger partial charge in [0.2, 0.25) is 0 Å². The Hall–Kier alpha value is -1.14. The number of methoxy groups -OCH3 is 1. The van der Waals surface area contributed by atoms with Gasteiger partial charge in [-0.25, -0.2) is 8.78 Å². The molecule has 0 radical (unpaired) electrons. The van der Waals surface area contributed by atoms with Gasteiger partial charge in [0.1, 0.15) is 17.4 Å². The van der Waals surface area contributed by atoms with E-state index in [0.29, 0.717) is 12.3 Å². The van der Waals surface area contributed by atoms with E-state index in [1.54, 1.807) is 7.11 Å². The van der Waals surface area contributed by atoms with Crippen LogP contribution in [-0.4, -0.2) is 7.11 Å². The predicted molar refractivity (Wildman–Crippen MR) is 86.8 cm³/mol. The second-order valence-electron chi connectivity index (χ2n) is 4.53. The molecule has 0 aliphatic carbocycles. The zero-order valence-corrected chi connectivity index (χ0v) is 14.6. The minimum absolute atomic E-state index is 0.140. The minimum Gasteiger partial charge on any atom is -0.494 e. The topological polar surface area (TPSA) is 21.3 Å². The molecule has 0 aliphatic rings. The van der Waals surface area contributed by atoms with Crippen molar-refractivity contribution >= 4 is 37.5 Å². The number of rotatable bonds is 4. The summed E-state index contributed by atoms with van der Waals surface area (Å²) in [6.07, 6.45) is 0. The van der Waals surface area contributed by atoms with E-state index in [-0.39, 0.29) is 11.3 Å². The Labute approximate surface area is 138 Å². The zero-order chi connectivity index (χ0) is 15.6. The van der Waals surface area contributed by atoms with E-state index in [4.69, 9.17) is 4.74 Å². The third-order valence-corrected chi connectivity index (χ3v) is 4.17. The van der Waals surface area contributed by atoms with Gasteiger partial charge in [-0.05, 0) is 68.1 Å². The highest BCUT2D eigenvalue weighted by atomic mass is 79.9. The number of ether oxygens (including phenoxy) is 1. The van der Waals surface area contributed by atoms with Gasteiger partial charge in [-0.2, -0.15) is 0 Å². The third-order valence-electron chi connectivity index (χ3n) is 2.99. The first-order chi connectivity index (χ1) is 9.92. The lowest BCUT2D eigenvalue weighted by molar-refractivity contribution is 0.409. The molecule has 0 bridgehead atoms. The summed E-state index contributed by atoms with van der Waals surface area (Å²) in [5, 5.41) is 2.89. The molecule has 1 N–H and O–H groups in total. The van der Waals surface area contributed by atoms with Crippen LogP contribution in [0.3, 0.4) is 0 Å². The van der Waals surface area contributed by atoms with Gasteiger partial charge < -0.3 is 10.1 Å². The molecule has 0 spiro atoms. The Bertz CT molecular complexity index is 654. The molecule has 2 nitrogen and oxygen atoms in total. The standard InChI is InChI=1S/C15H13Br2F2NO/c1-8-3-13(19)14(6-12(8)18)20-7-9-4-10(16)15(21-2)11(17)5-9/h3-6,20H,7H2,1-2H3. The second-order valence-corrected chi connectivity index (χ2v) is 6.24. The van der Waals surface area contributed by atoms with Crippen molar-refractivity contribution in [1.82, 2.24) is 0 Å². The van der Waals surface area contributed by atoms with E-state index < -0.39 is 11.6 Å². The lowest BCUT2D eigenvalue weighted by Gasteiger charge is -2.12.